The van der Waals surface area contributed by atoms with Crippen LogP contribution in [-0.2, 0) is 0 Å². The number of amides is 1. The zero-order valence-electron chi connectivity index (χ0n) is 10.6. The Morgan fingerprint density at radius 3 is 2.18 bits per heavy atom. The van der Waals surface area contributed by atoms with Crippen LogP contribution in [0.3, 0.4) is 0 Å². The maximum atomic E-state index is 10.5. The molecule has 0 aromatic heterocycles. The predicted molar refractivity (Wildman–Crippen MR) is 71.8 cm³/mol. The summed E-state index contributed by atoms with van der Waals surface area (Å²) in [7, 11) is 0. The molecule has 2 rings (SSSR count). The minimum Gasteiger partial charge on any atom is -0.366 e. The molecule has 1 amide bonds. The van der Waals surface area contributed by atoms with Gasteiger partial charge in [-0.15, -0.1) is 0 Å². The Balaban J connectivity index is 0.000000306. The lowest BCUT2D eigenvalue weighted by molar-refractivity contribution is -0.437. The SMILES string of the molecule is CC.NC(=O)c1cccc(Cl)c1.[NH3+]C1CCC1. The molecule has 0 aliphatic heterocycles. The Morgan fingerprint density at radius 1 is 1.41 bits per heavy atom. The molecule has 96 valence electrons. The Bertz CT molecular complexity index is 338. The second-order valence-corrected chi connectivity index (χ2v) is 4.11. The van der Waals surface area contributed by atoms with E-state index in [1.54, 1.807) is 18.2 Å². The molecule has 1 aromatic carbocycles. The lowest BCUT2D eigenvalue weighted by Crippen LogP contribution is -2.63. The van der Waals surface area contributed by atoms with Crippen molar-refractivity contribution in [2.45, 2.75) is 39.2 Å². The van der Waals surface area contributed by atoms with E-state index in [1.165, 1.54) is 25.3 Å². The highest BCUT2D eigenvalue weighted by Gasteiger charge is 2.14. The molecule has 1 aliphatic rings. The standard InChI is InChI=1S/C7H6ClNO.C4H9N.C2H6/c8-6-3-1-2-5(4-6)7(9)10;5-4-2-1-3-4;1-2/h1-4H,(H2,9,10);4H,1-3,5H2;1-2H3/p+1. The third kappa shape index (κ3) is 6.97. The van der Waals surface area contributed by atoms with Gasteiger partial charge in [0.2, 0.25) is 5.91 Å². The van der Waals surface area contributed by atoms with Gasteiger partial charge in [-0.05, 0) is 37.5 Å². The van der Waals surface area contributed by atoms with Gasteiger partial charge in [0, 0.05) is 10.6 Å². The van der Waals surface area contributed by atoms with Crippen molar-refractivity contribution in [2.75, 3.05) is 0 Å². The molecule has 17 heavy (non-hydrogen) atoms. The predicted octanol–water partition coefficient (Wildman–Crippen LogP) is 2.25. The lowest BCUT2D eigenvalue weighted by Gasteiger charge is -2.15. The summed E-state index contributed by atoms with van der Waals surface area (Å²) in [5, 5.41) is 0.524. The van der Waals surface area contributed by atoms with E-state index in [4.69, 9.17) is 17.3 Å². The molecule has 1 fully saturated rings. The van der Waals surface area contributed by atoms with E-state index in [-0.39, 0.29) is 0 Å². The van der Waals surface area contributed by atoms with Crippen molar-refractivity contribution >= 4 is 17.5 Å². The quantitative estimate of drug-likeness (QED) is 0.796. The third-order valence-corrected chi connectivity index (χ3v) is 2.57. The molecule has 0 saturated heterocycles. The number of quaternary nitrogens is 1. The van der Waals surface area contributed by atoms with Crippen LogP contribution in [0.1, 0.15) is 43.5 Å². The number of nitrogens with two attached hydrogens (primary N) is 1. The van der Waals surface area contributed by atoms with Crippen LogP contribution in [0, 0.1) is 0 Å². The van der Waals surface area contributed by atoms with Gasteiger partial charge in [-0.2, -0.15) is 0 Å². The van der Waals surface area contributed by atoms with Gasteiger partial charge in [-0.25, -0.2) is 0 Å². The zero-order valence-corrected chi connectivity index (χ0v) is 11.3. The van der Waals surface area contributed by atoms with E-state index in [0.29, 0.717) is 10.6 Å². The summed E-state index contributed by atoms with van der Waals surface area (Å²) in [6.45, 7) is 4.00. The van der Waals surface area contributed by atoms with Crippen molar-refractivity contribution in [1.29, 1.82) is 0 Å². The highest BCUT2D eigenvalue weighted by Crippen LogP contribution is 2.12. The first-order valence-electron chi connectivity index (χ1n) is 5.98. The largest absolute Gasteiger partial charge is 0.366 e. The highest BCUT2D eigenvalue weighted by atomic mass is 35.5. The van der Waals surface area contributed by atoms with E-state index in [1.807, 2.05) is 13.8 Å². The molecule has 1 aromatic rings. The number of benzene rings is 1. The molecular formula is C13H22ClN2O+. The van der Waals surface area contributed by atoms with Crippen molar-refractivity contribution in [1.82, 2.24) is 0 Å². The van der Waals surface area contributed by atoms with Crippen LogP contribution in [0.25, 0.3) is 0 Å². The number of hydrogen-bond acceptors (Lipinski definition) is 1. The van der Waals surface area contributed by atoms with Crippen LogP contribution in [-0.4, -0.2) is 11.9 Å². The van der Waals surface area contributed by atoms with E-state index < -0.39 is 5.91 Å². The van der Waals surface area contributed by atoms with Crippen LogP contribution in [0.2, 0.25) is 5.02 Å². The normalized spacial score (nSPS) is 13.4. The third-order valence-electron chi connectivity index (χ3n) is 2.33. The molecule has 1 saturated carbocycles. The number of primary amides is 1. The van der Waals surface area contributed by atoms with Gasteiger partial charge in [0.25, 0.3) is 0 Å². The van der Waals surface area contributed by atoms with Gasteiger partial charge in [0.05, 0.1) is 6.04 Å². The lowest BCUT2D eigenvalue weighted by atomic mass is 9.95. The number of carbonyl (C=O) groups excluding carboxylic acids is 1. The summed E-state index contributed by atoms with van der Waals surface area (Å²) in [5.74, 6) is -0.456. The first-order valence-corrected chi connectivity index (χ1v) is 6.36. The summed E-state index contributed by atoms with van der Waals surface area (Å²) in [5.41, 5.74) is 9.27. The number of halogens is 1. The van der Waals surface area contributed by atoms with Crippen LogP contribution in [0.4, 0.5) is 0 Å². The molecule has 3 nitrogen and oxygen atoms in total. The topological polar surface area (TPSA) is 70.7 Å². The molecule has 0 atom stereocenters. The van der Waals surface area contributed by atoms with Crippen LogP contribution >= 0.6 is 11.6 Å². The van der Waals surface area contributed by atoms with E-state index >= 15 is 0 Å². The highest BCUT2D eigenvalue weighted by molar-refractivity contribution is 6.30. The molecular weight excluding hydrogens is 236 g/mol. The second-order valence-electron chi connectivity index (χ2n) is 3.67. The summed E-state index contributed by atoms with van der Waals surface area (Å²) in [6.07, 6.45) is 4.17. The van der Waals surface area contributed by atoms with Crippen molar-refractivity contribution < 1.29 is 10.5 Å². The molecule has 0 spiro atoms. The summed E-state index contributed by atoms with van der Waals surface area (Å²) >= 11 is 5.58. The number of hydrogen-bond donors (Lipinski definition) is 2. The van der Waals surface area contributed by atoms with Crippen LogP contribution < -0.4 is 11.5 Å². The summed E-state index contributed by atoms with van der Waals surface area (Å²) < 4.78 is 0. The van der Waals surface area contributed by atoms with Crippen molar-refractivity contribution in [2.24, 2.45) is 5.73 Å². The first kappa shape index (κ1) is 15.9. The fourth-order valence-electron chi connectivity index (χ4n) is 1.13. The van der Waals surface area contributed by atoms with Gasteiger partial charge in [0.15, 0.2) is 0 Å². The number of carbonyl (C=O) groups is 1. The summed E-state index contributed by atoms with van der Waals surface area (Å²) in [4.78, 5) is 10.5. The zero-order chi connectivity index (χ0) is 13.3. The monoisotopic (exact) mass is 257 g/mol. The molecule has 4 heteroatoms. The Hall–Kier alpha value is -1.06. The maximum absolute atomic E-state index is 10.5. The van der Waals surface area contributed by atoms with Crippen LogP contribution in [0.15, 0.2) is 24.3 Å². The van der Waals surface area contributed by atoms with E-state index in [0.717, 1.165) is 6.04 Å². The fourth-order valence-corrected chi connectivity index (χ4v) is 1.32. The van der Waals surface area contributed by atoms with Crippen molar-refractivity contribution in [3.63, 3.8) is 0 Å². The van der Waals surface area contributed by atoms with E-state index in [2.05, 4.69) is 5.73 Å². The van der Waals surface area contributed by atoms with Gasteiger partial charge >= 0.3 is 0 Å². The Morgan fingerprint density at radius 2 is 1.94 bits per heavy atom. The van der Waals surface area contributed by atoms with Gasteiger partial charge < -0.3 is 11.5 Å². The molecule has 0 radical (unpaired) electrons. The van der Waals surface area contributed by atoms with Crippen molar-refractivity contribution in [3.8, 4) is 0 Å². The average Bonchev–Trinajstić information content (AvgIpc) is 2.30. The number of rotatable bonds is 1. The minimum atomic E-state index is -0.456. The average molecular weight is 258 g/mol. The smallest absolute Gasteiger partial charge is 0.248 e. The van der Waals surface area contributed by atoms with Crippen LogP contribution in [0.5, 0.6) is 0 Å². The minimum absolute atomic E-state index is 0.438. The van der Waals surface area contributed by atoms with Gasteiger partial charge in [0.1, 0.15) is 0 Å². The van der Waals surface area contributed by atoms with Gasteiger partial charge in [-0.3, -0.25) is 4.79 Å². The molecule has 0 bridgehead atoms. The fraction of sp³-hybridized carbons (Fsp3) is 0.462. The molecule has 5 N–H and O–H groups in total. The van der Waals surface area contributed by atoms with E-state index in [9.17, 15) is 4.79 Å². The first-order chi connectivity index (χ1) is 8.09. The Labute approximate surface area is 108 Å². The Kier molecular flexibility index (Phi) is 8.46. The second kappa shape index (κ2) is 9.02. The van der Waals surface area contributed by atoms with Gasteiger partial charge in [-0.1, -0.05) is 31.5 Å². The maximum Gasteiger partial charge on any atom is 0.248 e. The summed E-state index contributed by atoms with van der Waals surface area (Å²) in [6, 6.07) is 7.34. The molecule has 0 heterocycles. The van der Waals surface area contributed by atoms with Crippen molar-refractivity contribution in [3.05, 3.63) is 34.9 Å². The molecule has 1 aliphatic carbocycles. The molecule has 0 unspecified atom stereocenters.